The van der Waals surface area contributed by atoms with Gasteiger partial charge in [-0.1, -0.05) is 0 Å². The van der Waals surface area contributed by atoms with Crippen molar-refractivity contribution in [2.45, 2.75) is 27.7 Å². The summed E-state index contributed by atoms with van der Waals surface area (Å²) in [5.41, 5.74) is 0. The van der Waals surface area contributed by atoms with E-state index in [-0.39, 0.29) is 33.1 Å². The third-order valence-electron chi connectivity index (χ3n) is 0. The summed E-state index contributed by atoms with van der Waals surface area (Å²) in [6.45, 7) is 20.0. The largest absolute Gasteiger partial charge is 0.693 e. The predicted octanol–water partition coefficient (Wildman–Crippen LogP) is 4.53. The number of hydrogen-bond donors (Lipinski definition) is 0. The van der Waals surface area contributed by atoms with Gasteiger partial charge in [0.15, 0.2) is 0 Å². The third-order valence-corrected chi connectivity index (χ3v) is 0. The van der Waals surface area contributed by atoms with Gasteiger partial charge in [0.2, 0.25) is 0 Å². The van der Waals surface area contributed by atoms with Crippen molar-refractivity contribution < 1.29 is 19.5 Å². The molecule has 0 aromatic rings. The molecule has 0 unspecified atom stereocenters. The Kier molecular flexibility index (Phi) is 16000. The van der Waals surface area contributed by atoms with E-state index in [1.807, 2.05) is 0 Å². The minimum atomic E-state index is 0. The Labute approximate surface area is 88.7 Å². The fraction of sp³-hybridized carbons (Fsp3) is 0.444. The summed E-state index contributed by atoms with van der Waals surface area (Å²) in [5, 5.41) is 0. The van der Waals surface area contributed by atoms with Crippen LogP contribution in [0.3, 0.4) is 0 Å². The molecule has 0 bridgehead atoms. The molecule has 2 N–H and O–H groups in total. The second kappa shape index (κ2) is 2860. The summed E-state index contributed by atoms with van der Waals surface area (Å²) in [6, 6.07) is 0. The summed E-state index contributed by atoms with van der Waals surface area (Å²) < 4.78 is 0. The number of hydrogen-bond acceptors (Lipinski definition) is 0. The maximum atomic E-state index is 3.25. The summed E-state index contributed by atoms with van der Waals surface area (Å²) >= 11 is 0. The van der Waals surface area contributed by atoms with Gasteiger partial charge >= 0.3 is 0 Å². The first-order valence-electron chi connectivity index (χ1n) is 2.83. The molecule has 0 heterocycles. The van der Waals surface area contributed by atoms with Crippen LogP contribution in [0.25, 0.3) is 6.15 Å². The Hall–Kier alpha value is 0.583. The smallest absolute Gasteiger partial charge is 0 e. The van der Waals surface area contributed by atoms with Gasteiger partial charge in [-0.25, -0.2) is 0 Å². The molecule has 0 fully saturated rings. The first-order valence-corrected chi connectivity index (χ1v) is 2.83. The van der Waals surface area contributed by atoms with Crippen molar-refractivity contribution in [3.8, 4) is 0 Å². The van der Waals surface area contributed by atoms with Gasteiger partial charge in [0.25, 0.3) is 0 Å². The molecular formula is C9H25NZn-6. The van der Waals surface area contributed by atoms with E-state index in [0.717, 1.165) is 0 Å². The van der Waals surface area contributed by atoms with E-state index < -0.39 is 0 Å². The summed E-state index contributed by atoms with van der Waals surface area (Å²) in [7, 11) is 0. The Morgan fingerprint density at radius 2 is 0.545 bits per heavy atom. The molecule has 0 saturated heterocycles. The van der Waals surface area contributed by atoms with Crippen LogP contribution in [0.2, 0.25) is 0 Å². The summed E-state index contributed by atoms with van der Waals surface area (Å²) in [5.74, 6) is 0. The molecule has 74 valence electrons. The molecule has 0 aromatic heterocycles. The SMILES string of the molecule is [CH2-]C.[CH2-]C.[CH2-]C.[CH2-]C.[CH3-].[NH2-].[Zn]. The molecule has 0 aromatic carbocycles. The second-order valence-electron chi connectivity index (χ2n) is 0. The Morgan fingerprint density at radius 3 is 0.545 bits per heavy atom. The van der Waals surface area contributed by atoms with E-state index in [9.17, 15) is 0 Å². The quantitative estimate of drug-likeness (QED) is 0.418. The van der Waals surface area contributed by atoms with Crippen molar-refractivity contribution in [1.29, 1.82) is 0 Å². The molecular weight excluding hydrogens is 187 g/mol. The molecule has 0 aliphatic carbocycles. The average molecular weight is 213 g/mol. The van der Waals surface area contributed by atoms with Gasteiger partial charge in [-0.3, -0.25) is 0 Å². The topological polar surface area (TPSA) is 33.5 Å². The normalized spacial score (nSPS) is 2.18. The first-order chi connectivity index (χ1) is 4.00. The van der Waals surface area contributed by atoms with E-state index in [1.54, 1.807) is 27.7 Å². The van der Waals surface area contributed by atoms with Crippen molar-refractivity contribution in [2.75, 3.05) is 0 Å². The summed E-state index contributed by atoms with van der Waals surface area (Å²) in [4.78, 5) is 0. The van der Waals surface area contributed by atoms with E-state index in [2.05, 4.69) is 27.7 Å². The van der Waals surface area contributed by atoms with Crippen LogP contribution in [0, 0.1) is 35.1 Å². The fourth-order valence-electron chi connectivity index (χ4n) is 0. The molecule has 0 saturated carbocycles. The van der Waals surface area contributed by atoms with E-state index in [4.69, 9.17) is 0 Å². The van der Waals surface area contributed by atoms with Crippen LogP contribution in [0.1, 0.15) is 27.7 Å². The molecule has 1 nitrogen and oxygen atoms in total. The Balaban J connectivity index is -0.00000000356. The van der Waals surface area contributed by atoms with Crippen LogP contribution in [0.15, 0.2) is 0 Å². The van der Waals surface area contributed by atoms with Crippen molar-refractivity contribution in [1.82, 2.24) is 0 Å². The maximum Gasteiger partial charge on any atom is 0 e. The van der Waals surface area contributed by atoms with Crippen LogP contribution in [0.5, 0.6) is 0 Å². The van der Waals surface area contributed by atoms with Gasteiger partial charge < -0.3 is 41.3 Å². The zero-order valence-corrected chi connectivity index (χ0v) is 12.1. The van der Waals surface area contributed by atoms with Gasteiger partial charge in [0, 0.05) is 19.5 Å². The molecule has 0 atom stereocenters. The van der Waals surface area contributed by atoms with Gasteiger partial charge in [0.1, 0.15) is 0 Å². The zero-order chi connectivity index (χ0) is 8.00. The minimum absolute atomic E-state index is 0. The van der Waals surface area contributed by atoms with Crippen molar-refractivity contribution in [3.05, 3.63) is 41.3 Å². The van der Waals surface area contributed by atoms with E-state index >= 15 is 0 Å². The number of nitrogens with two attached hydrogens (primary N) is 1. The maximum absolute atomic E-state index is 3.25. The van der Waals surface area contributed by atoms with Gasteiger partial charge in [0.05, 0.1) is 0 Å². The van der Waals surface area contributed by atoms with Crippen LogP contribution in [-0.2, 0) is 19.5 Å². The van der Waals surface area contributed by atoms with Crippen LogP contribution in [-0.4, -0.2) is 0 Å². The molecule has 0 radical (unpaired) electrons. The van der Waals surface area contributed by atoms with Crippen molar-refractivity contribution in [3.63, 3.8) is 0 Å². The minimum Gasteiger partial charge on any atom is -0.693 e. The molecule has 11 heavy (non-hydrogen) atoms. The van der Waals surface area contributed by atoms with Crippen LogP contribution >= 0.6 is 0 Å². The van der Waals surface area contributed by atoms with Crippen molar-refractivity contribution in [2.24, 2.45) is 0 Å². The van der Waals surface area contributed by atoms with Crippen molar-refractivity contribution >= 4 is 0 Å². The predicted molar refractivity (Wildman–Crippen MR) is 55.8 cm³/mol. The van der Waals surface area contributed by atoms with Gasteiger partial charge in [-0.2, -0.15) is 27.7 Å². The van der Waals surface area contributed by atoms with Crippen LogP contribution < -0.4 is 0 Å². The van der Waals surface area contributed by atoms with Gasteiger partial charge in [-0.15, -0.1) is 0 Å². The second-order valence-corrected chi connectivity index (χ2v) is 0. The molecule has 0 amide bonds. The molecule has 0 rings (SSSR count). The van der Waals surface area contributed by atoms with E-state index in [0.29, 0.717) is 0 Å². The Morgan fingerprint density at radius 1 is 0.545 bits per heavy atom. The third kappa shape index (κ3) is 2290. The number of rotatable bonds is 0. The zero-order valence-electron chi connectivity index (χ0n) is 9.11. The molecule has 0 spiro atoms. The molecule has 0 aliphatic rings. The monoisotopic (exact) mass is 211 g/mol. The Bertz CT molecular complexity index is 9.52. The first kappa shape index (κ1) is 61.8. The summed E-state index contributed by atoms with van der Waals surface area (Å²) in [6.07, 6.45) is 0. The fourth-order valence-corrected chi connectivity index (χ4v) is 0. The average Bonchev–Trinajstić information content (AvgIpc) is 2.03. The van der Waals surface area contributed by atoms with Gasteiger partial charge in [-0.05, 0) is 0 Å². The standard InChI is InChI=1S/4C2H5.CH3.H2N.Zn/c4*1-2;;;/h4*1H2,2H3;1H3;1H2;/q6*-1;. The molecule has 2 heteroatoms. The van der Waals surface area contributed by atoms with Crippen LogP contribution in [0.4, 0.5) is 0 Å². The van der Waals surface area contributed by atoms with E-state index in [1.165, 1.54) is 0 Å². The molecule has 0 aliphatic heterocycles.